The van der Waals surface area contributed by atoms with Crippen LogP contribution < -0.4 is 0 Å². The number of fused-ring (bicyclic) bond motifs is 1. The Bertz CT molecular complexity index is 580. The molecule has 2 rings (SSSR count). The van der Waals surface area contributed by atoms with Gasteiger partial charge in [-0.05, 0) is 31.2 Å². The zero-order valence-corrected chi connectivity index (χ0v) is 9.65. The molecule has 0 aliphatic rings. The highest BCUT2D eigenvalue weighted by atomic mass is 16.5. The summed E-state index contributed by atoms with van der Waals surface area (Å²) in [6.07, 6.45) is 0. The summed E-state index contributed by atoms with van der Waals surface area (Å²) in [6.45, 7) is 3.52. The van der Waals surface area contributed by atoms with E-state index in [9.17, 15) is 9.59 Å². The number of esters is 1. The van der Waals surface area contributed by atoms with Gasteiger partial charge in [-0.2, -0.15) is 0 Å². The van der Waals surface area contributed by atoms with Crippen molar-refractivity contribution in [2.75, 3.05) is 6.61 Å². The second-order valence-corrected chi connectivity index (χ2v) is 3.64. The Kier molecular flexibility index (Phi) is 2.95. The quantitative estimate of drug-likeness (QED) is 0.603. The topological polar surface area (TPSA) is 56.5 Å². The predicted octanol–water partition coefficient (Wildman–Crippen LogP) is 2.81. The Labute approximate surface area is 98.2 Å². The molecular weight excluding hydrogens is 220 g/mol. The molecule has 0 radical (unpaired) electrons. The number of furan rings is 1. The number of ether oxygens (including phenoxy) is 1. The smallest absolute Gasteiger partial charge is 0.338 e. The number of Topliss-reactive ketones (excluding diaryl/α,β-unsaturated/α-hetero) is 1. The third-order valence-electron chi connectivity index (χ3n) is 2.37. The summed E-state index contributed by atoms with van der Waals surface area (Å²) in [7, 11) is 0. The zero-order chi connectivity index (χ0) is 12.4. The Morgan fingerprint density at radius 3 is 2.71 bits per heavy atom. The van der Waals surface area contributed by atoms with Crippen molar-refractivity contribution >= 4 is 22.7 Å². The van der Waals surface area contributed by atoms with Gasteiger partial charge in [-0.1, -0.05) is 0 Å². The van der Waals surface area contributed by atoms with Crippen LogP contribution in [0, 0.1) is 0 Å². The van der Waals surface area contributed by atoms with Crippen molar-refractivity contribution in [3.63, 3.8) is 0 Å². The molecule has 4 heteroatoms. The molecule has 0 aliphatic carbocycles. The lowest BCUT2D eigenvalue weighted by Gasteiger charge is -2.00. The molecule has 88 valence electrons. The number of benzene rings is 1. The van der Waals surface area contributed by atoms with Crippen LogP contribution in [-0.4, -0.2) is 18.4 Å². The summed E-state index contributed by atoms with van der Waals surface area (Å²) >= 11 is 0. The molecule has 0 aliphatic heterocycles. The number of hydrogen-bond acceptors (Lipinski definition) is 4. The van der Waals surface area contributed by atoms with Crippen molar-refractivity contribution in [2.24, 2.45) is 0 Å². The van der Waals surface area contributed by atoms with Crippen LogP contribution in [0.3, 0.4) is 0 Å². The van der Waals surface area contributed by atoms with E-state index in [0.29, 0.717) is 23.5 Å². The molecule has 0 unspecified atom stereocenters. The minimum absolute atomic E-state index is 0.140. The maximum atomic E-state index is 11.5. The third kappa shape index (κ3) is 2.20. The van der Waals surface area contributed by atoms with Gasteiger partial charge in [-0.25, -0.2) is 4.79 Å². The van der Waals surface area contributed by atoms with Gasteiger partial charge in [0.25, 0.3) is 0 Å². The zero-order valence-electron chi connectivity index (χ0n) is 9.65. The highest BCUT2D eigenvalue weighted by Crippen LogP contribution is 2.21. The van der Waals surface area contributed by atoms with Crippen molar-refractivity contribution in [3.05, 3.63) is 35.6 Å². The van der Waals surface area contributed by atoms with E-state index >= 15 is 0 Å². The lowest BCUT2D eigenvalue weighted by atomic mass is 10.1. The van der Waals surface area contributed by atoms with Crippen LogP contribution >= 0.6 is 0 Å². The Morgan fingerprint density at radius 2 is 2.06 bits per heavy atom. The first-order chi connectivity index (χ1) is 8.11. The standard InChI is InChI=1S/C13H12O4/c1-3-16-13(15)9-4-5-11-10(6-9)7-12(17-11)8(2)14/h4-7H,3H2,1-2H3. The number of carbonyl (C=O) groups is 2. The Hall–Kier alpha value is -2.10. The van der Waals surface area contributed by atoms with Crippen LogP contribution in [0.15, 0.2) is 28.7 Å². The minimum Gasteiger partial charge on any atom is -0.462 e. The van der Waals surface area contributed by atoms with Crippen LogP contribution in [0.1, 0.15) is 34.8 Å². The summed E-state index contributed by atoms with van der Waals surface area (Å²) in [5, 5.41) is 0.723. The summed E-state index contributed by atoms with van der Waals surface area (Å²) in [4.78, 5) is 22.7. The summed E-state index contributed by atoms with van der Waals surface area (Å²) < 4.78 is 10.2. The van der Waals surface area contributed by atoms with Crippen LogP contribution in [0.4, 0.5) is 0 Å². The van der Waals surface area contributed by atoms with Crippen LogP contribution in [0.5, 0.6) is 0 Å². The molecule has 4 nitrogen and oxygen atoms in total. The molecule has 17 heavy (non-hydrogen) atoms. The van der Waals surface area contributed by atoms with Crippen molar-refractivity contribution in [1.82, 2.24) is 0 Å². The lowest BCUT2D eigenvalue weighted by Crippen LogP contribution is -2.03. The van der Waals surface area contributed by atoms with Crippen LogP contribution in [0.2, 0.25) is 0 Å². The Morgan fingerprint density at radius 1 is 1.29 bits per heavy atom. The van der Waals surface area contributed by atoms with E-state index in [2.05, 4.69) is 0 Å². The second-order valence-electron chi connectivity index (χ2n) is 3.64. The van der Waals surface area contributed by atoms with Crippen molar-refractivity contribution in [2.45, 2.75) is 13.8 Å². The summed E-state index contributed by atoms with van der Waals surface area (Å²) in [5.74, 6) is -0.222. The average Bonchev–Trinajstić information content (AvgIpc) is 2.71. The predicted molar refractivity (Wildman–Crippen MR) is 62.2 cm³/mol. The minimum atomic E-state index is -0.375. The van der Waals surface area contributed by atoms with Gasteiger partial charge in [0.05, 0.1) is 12.2 Å². The first-order valence-corrected chi connectivity index (χ1v) is 5.33. The molecule has 0 saturated carbocycles. The summed E-state index contributed by atoms with van der Waals surface area (Å²) in [5.41, 5.74) is 1.04. The van der Waals surface area contributed by atoms with Gasteiger partial charge >= 0.3 is 5.97 Å². The van der Waals surface area contributed by atoms with E-state index in [-0.39, 0.29) is 11.8 Å². The molecule has 0 saturated heterocycles. The molecule has 1 aromatic heterocycles. The maximum Gasteiger partial charge on any atom is 0.338 e. The highest BCUT2D eigenvalue weighted by Gasteiger charge is 2.11. The van der Waals surface area contributed by atoms with Gasteiger partial charge in [-0.15, -0.1) is 0 Å². The van der Waals surface area contributed by atoms with E-state index in [1.54, 1.807) is 31.2 Å². The van der Waals surface area contributed by atoms with E-state index < -0.39 is 0 Å². The molecule has 0 atom stereocenters. The van der Waals surface area contributed by atoms with Crippen molar-refractivity contribution < 1.29 is 18.7 Å². The summed E-state index contributed by atoms with van der Waals surface area (Å²) in [6, 6.07) is 6.56. The molecule has 0 bridgehead atoms. The molecule has 1 heterocycles. The van der Waals surface area contributed by atoms with Gasteiger partial charge in [0.15, 0.2) is 11.5 Å². The van der Waals surface area contributed by atoms with Gasteiger partial charge in [0.1, 0.15) is 5.58 Å². The molecule has 2 aromatic rings. The number of rotatable bonds is 3. The van der Waals surface area contributed by atoms with Gasteiger partial charge < -0.3 is 9.15 Å². The maximum absolute atomic E-state index is 11.5. The highest BCUT2D eigenvalue weighted by molar-refractivity contribution is 5.98. The van der Waals surface area contributed by atoms with E-state index in [0.717, 1.165) is 5.39 Å². The first kappa shape index (κ1) is 11.4. The fourth-order valence-electron chi connectivity index (χ4n) is 1.56. The average molecular weight is 232 g/mol. The Balaban J connectivity index is 2.43. The molecule has 0 amide bonds. The van der Waals surface area contributed by atoms with Crippen molar-refractivity contribution in [1.29, 1.82) is 0 Å². The third-order valence-corrected chi connectivity index (χ3v) is 2.37. The van der Waals surface area contributed by atoms with Gasteiger partial charge in [0, 0.05) is 12.3 Å². The van der Waals surface area contributed by atoms with Gasteiger partial charge in [-0.3, -0.25) is 4.79 Å². The van der Waals surface area contributed by atoms with Gasteiger partial charge in [0.2, 0.25) is 0 Å². The van der Waals surface area contributed by atoms with Crippen LogP contribution in [0.25, 0.3) is 11.0 Å². The SMILES string of the molecule is CCOC(=O)c1ccc2oc(C(C)=O)cc2c1. The largest absolute Gasteiger partial charge is 0.462 e. The van der Waals surface area contributed by atoms with E-state index in [4.69, 9.17) is 9.15 Å². The molecule has 0 N–H and O–H groups in total. The monoisotopic (exact) mass is 232 g/mol. The van der Waals surface area contributed by atoms with Crippen LogP contribution in [-0.2, 0) is 4.74 Å². The second kappa shape index (κ2) is 4.41. The molecule has 0 spiro atoms. The van der Waals surface area contributed by atoms with E-state index in [1.165, 1.54) is 6.92 Å². The fourth-order valence-corrected chi connectivity index (χ4v) is 1.56. The number of hydrogen-bond donors (Lipinski definition) is 0. The fraction of sp³-hybridized carbons (Fsp3) is 0.231. The number of ketones is 1. The normalized spacial score (nSPS) is 10.5. The lowest BCUT2D eigenvalue weighted by molar-refractivity contribution is 0.0526. The number of carbonyl (C=O) groups excluding carboxylic acids is 2. The molecule has 0 fully saturated rings. The molecule has 1 aromatic carbocycles. The first-order valence-electron chi connectivity index (χ1n) is 5.33. The molecular formula is C13H12O4. The van der Waals surface area contributed by atoms with Crippen molar-refractivity contribution in [3.8, 4) is 0 Å². The van der Waals surface area contributed by atoms with E-state index in [1.807, 2.05) is 0 Å².